The zero-order valence-electron chi connectivity index (χ0n) is 7.94. The van der Waals surface area contributed by atoms with Gasteiger partial charge in [0.05, 0.1) is 12.5 Å². The average molecular weight is 187 g/mol. The molecule has 0 aromatic heterocycles. The van der Waals surface area contributed by atoms with Crippen LogP contribution < -0.4 is 0 Å². The number of rotatable bonds is 4. The highest BCUT2D eigenvalue weighted by Crippen LogP contribution is 2.16. The molecule has 1 fully saturated rings. The van der Waals surface area contributed by atoms with Gasteiger partial charge in [0.1, 0.15) is 0 Å². The SMILES string of the molecule is CCC(CC(=O)O)N1CCC(O)C1. The second-order valence-electron chi connectivity index (χ2n) is 3.60. The Hall–Kier alpha value is -0.610. The predicted molar refractivity (Wildman–Crippen MR) is 48.5 cm³/mol. The van der Waals surface area contributed by atoms with Crippen LogP contribution in [0.5, 0.6) is 0 Å². The van der Waals surface area contributed by atoms with Gasteiger partial charge >= 0.3 is 5.97 Å². The minimum absolute atomic E-state index is 0.0923. The Labute approximate surface area is 78.2 Å². The second kappa shape index (κ2) is 4.58. The van der Waals surface area contributed by atoms with Crippen LogP contribution >= 0.6 is 0 Å². The highest BCUT2D eigenvalue weighted by Gasteiger charge is 2.27. The van der Waals surface area contributed by atoms with Crippen molar-refractivity contribution < 1.29 is 15.0 Å². The Morgan fingerprint density at radius 2 is 2.38 bits per heavy atom. The zero-order valence-corrected chi connectivity index (χ0v) is 7.94. The van der Waals surface area contributed by atoms with E-state index >= 15 is 0 Å². The molecular formula is C9H17NO3. The van der Waals surface area contributed by atoms with Crippen molar-refractivity contribution in [3.63, 3.8) is 0 Å². The molecule has 0 aromatic carbocycles. The molecule has 0 saturated carbocycles. The summed E-state index contributed by atoms with van der Waals surface area (Å²) in [6.07, 6.45) is 1.53. The number of hydrogen-bond donors (Lipinski definition) is 2. The van der Waals surface area contributed by atoms with Crippen LogP contribution in [0.2, 0.25) is 0 Å². The van der Waals surface area contributed by atoms with Crippen molar-refractivity contribution in [1.82, 2.24) is 4.90 Å². The third-order valence-electron chi connectivity index (χ3n) is 2.59. The number of carbonyl (C=O) groups is 1. The van der Waals surface area contributed by atoms with E-state index in [1.807, 2.05) is 6.92 Å². The molecule has 2 unspecified atom stereocenters. The first-order valence-electron chi connectivity index (χ1n) is 4.77. The van der Waals surface area contributed by atoms with E-state index in [4.69, 9.17) is 5.11 Å². The first kappa shape index (κ1) is 10.5. The quantitative estimate of drug-likeness (QED) is 0.665. The standard InChI is InChI=1S/C9H17NO3/c1-2-7(5-9(12)13)10-4-3-8(11)6-10/h7-8,11H,2-6H2,1H3,(H,12,13). The van der Waals surface area contributed by atoms with Gasteiger partial charge in [-0.1, -0.05) is 6.92 Å². The van der Waals surface area contributed by atoms with Gasteiger partial charge in [-0.2, -0.15) is 0 Å². The van der Waals surface area contributed by atoms with Gasteiger partial charge in [0.15, 0.2) is 0 Å². The van der Waals surface area contributed by atoms with Gasteiger partial charge in [0.2, 0.25) is 0 Å². The minimum atomic E-state index is -0.756. The first-order valence-corrected chi connectivity index (χ1v) is 4.77. The molecule has 0 aromatic rings. The highest BCUT2D eigenvalue weighted by molar-refractivity contribution is 5.67. The van der Waals surface area contributed by atoms with E-state index in [1.165, 1.54) is 0 Å². The number of aliphatic hydroxyl groups excluding tert-OH is 1. The van der Waals surface area contributed by atoms with E-state index in [2.05, 4.69) is 4.90 Å². The maximum Gasteiger partial charge on any atom is 0.304 e. The molecule has 0 radical (unpaired) electrons. The number of aliphatic hydroxyl groups is 1. The van der Waals surface area contributed by atoms with Crippen LogP contribution in [0, 0.1) is 0 Å². The number of carboxylic acids is 1. The molecule has 2 atom stereocenters. The van der Waals surface area contributed by atoms with Crippen LogP contribution in [-0.2, 0) is 4.79 Å². The maximum atomic E-state index is 10.5. The van der Waals surface area contributed by atoms with Crippen LogP contribution in [0.1, 0.15) is 26.2 Å². The number of nitrogens with zero attached hydrogens (tertiary/aromatic N) is 1. The van der Waals surface area contributed by atoms with Crippen LogP contribution in [-0.4, -0.2) is 46.3 Å². The summed E-state index contributed by atoms with van der Waals surface area (Å²) in [4.78, 5) is 12.6. The third kappa shape index (κ3) is 2.97. The normalized spacial score (nSPS) is 26.2. The second-order valence-corrected chi connectivity index (χ2v) is 3.60. The van der Waals surface area contributed by atoms with Gasteiger partial charge in [0, 0.05) is 19.1 Å². The predicted octanol–water partition coefficient (Wildman–Crippen LogP) is 0.306. The maximum absolute atomic E-state index is 10.5. The molecule has 0 aliphatic carbocycles. The molecular weight excluding hydrogens is 170 g/mol. The van der Waals surface area contributed by atoms with Crippen molar-refractivity contribution in [3.8, 4) is 0 Å². The van der Waals surface area contributed by atoms with Crippen LogP contribution in [0.4, 0.5) is 0 Å². The van der Waals surface area contributed by atoms with Crippen molar-refractivity contribution in [2.45, 2.75) is 38.3 Å². The smallest absolute Gasteiger partial charge is 0.304 e. The molecule has 13 heavy (non-hydrogen) atoms. The molecule has 2 N–H and O–H groups in total. The summed E-state index contributed by atoms with van der Waals surface area (Å²) in [7, 11) is 0. The van der Waals surface area contributed by atoms with Gasteiger partial charge in [-0.15, -0.1) is 0 Å². The summed E-state index contributed by atoms with van der Waals surface area (Å²) in [6, 6.07) is 0.0923. The lowest BCUT2D eigenvalue weighted by Crippen LogP contribution is -2.35. The molecule has 1 aliphatic rings. The Morgan fingerprint density at radius 3 is 2.77 bits per heavy atom. The van der Waals surface area contributed by atoms with Gasteiger partial charge < -0.3 is 10.2 Å². The fourth-order valence-electron chi connectivity index (χ4n) is 1.83. The van der Waals surface area contributed by atoms with Crippen molar-refractivity contribution in [3.05, 3.63) is 0 Å². The third-order valence-corrected chi connectivity index (χ3v) is 2.59. The zero-order chi connectivity index (χ0) is 9.84. The number of aliphatic carboxylic acids is 1. The van der Waals surface area contributed by atoms with Crippen LogP contribution in [0.3, 0.4) is 0 Å². The van der Waals surface area contributed by atoms with E-state index in [0.29, 0.717) is 6.54 Å². The molecule has 0 bridgehead atoms. The van der Waals surface area contributed by atoms with Gasteiger partial charge in [-0.05, 0) is 12.8 Å². The van der Waals surface area contributed by atoms with E-state index in [1.54, 1.807) is 0 Å². The van der Waals surface area contributed by atoms with Crippen molar-refractivity contribution in [2.24, 2.45) is 0 Å². The van der Waals surface area contributed by atoms with Crippen molar-refractivity contribution >= 4 is 5.97 Å². The monoisotopic (exact) mass is 187 g/mol. The lowest BCUT2D eigenvalue weighted by atomic mass is 10.1. The molecule has 4 heteroatoms. The summed E-state index contributed by atoms with van der Waals surface area (Å²) in [5.41, 5.74) is 0. The van der Waals surface area contributed by atoms with Crippen molar-refractivity contribution in [2.75, 3.05) is 13.1 Å². The van der Waals surface area contributed by atoms with Crippen LogP contribution in [0.25, 0.3) is 0 Å². The molecule has 1 aliphatic heterocycles. The Kier molecular flexibility index (Phi) is 3.69. The molecule has 4 nitrogen and oxygen atoms in total. The Bertz CT molecular complexity index is 184. The van der Waals surface area contributed by atoms with E-state index < -0.39 is 5.97 Å². The van der Waals surface area contributed by atoms with E-state index in [-0.39, 0.29) is 18.6 Å². The van der Waals surface area contributed by atoms with Crippen LogP contribution in [0.15, 0.2) is 0 Å². The summed E-state index contributed by atoms with van der Waals surface area (Å²) in [5, 5.41) is 17.9. The highest BCUT2D eigenvalue weighted by atomic mass is 16.4. The Morgan fingerprint density at radius 1 is 1.69 bits per heavy atom. The molecule has 1 heterocycles. The van der Waals surface area contributed by atoms with Gasteiger partial charge in [-0.25, -0.2) is 0 Å². The number of hydrogen-bond acceptors (Lipinski definition) is 3. The minimum Gasteiger partial charge on any atom is -0.481 e. The summed E-state index contributed by atoms with van der Waals surface area (Å²) in [5.74, 6) is -0.756. The number of likely N-dealkylation sites (tertiary alicyclic amines) is 1. The average Bonchev–Trinajstić information content (AvgIpc) is 2.47. The molecule has 1 rings (SSSR count). The molecule has 1 saturated heterocycles. The topological polar surface area (TPSA) is 60.8 Å². The summed E-state index contributed by atoms with van der Waals surface area (Å²) < 4.78 is 0. The fourth-order valence-corrected chi connectivity index (χ4v) is 1.83. The summed E-state index contributed by atoms with van der Waals surface area (Å²) in [6.45, 7) is 3.44. The molecule has 0 amide bonds. The van der Waals surface area contributed by atoms with Crippen molar-refractivity contribution in [1.29, 1.82) is 0 Å². The largest absolute Gasteiger partial charge is 0.481 e. The van der Waals surface area contributed by atoms with Gasteiger partial charge in [-0.3, -0.25) is 9.69 Å². The molecule has 0 spiro atoms. The molecule has 76 valence electrons. The van der Waals surface area contributed by atoms with Gasteiger partial charge in [0.25, 0.3) is 0 Å². The first-order chi connectivity index (χ1) is 6.13. The number of carboxylic acid groups (broad SMARTS) is 1. The lowest BCUT2D eigenvalue weighted by Gasteiger charge is -2.24. The lowest BCUT2D eigenvalue weighted by molar-refractivity contribution is -0.138. The Balaban J connectivity index is 2.42. The van der Waals surface area contributed by atoms with E-state index in [0.717, 1.165) is 19.4 Å². The summed E-state index contributed by atoms with van der Waals surface area (Å²) >= 11 is 0. The fraction of sp³-hybridized carbons (Fsp3) is 0.889. The van der Waals surface area contributed by atoms with E-state index in [9.17, 15) is 9.90 Å². The number of β-amino-alcohol motifs (C(OH)–C–C–N with tert-alkyl or cyclic N) is 1.